The van der Waals surface area contributed by atoms with E-state index in [1.54, 1.807) is 12.3 Å². The summed E-state index contributed by atoms with van der Waals surface area (Å²) in [5.41, 5.74) is 5.45. The van der Waals surface area contributed by atoms with Crippen LogP contribution < -0.4 is 5.73 Å². The first-order chi connectivity index (χ1) is 4.83. The van der Waals surface area contributed by atoms with Gasteiger partial charge in [-0.2, -0.15) is 0 Å². The highest BCUT2D eigenvalue weighted by Crippen LogP contribution is 2.01. The van der Waals surface area contributed by atoms with Gasteiger partial charge in [0.25, 0.3) is 0 Å². The van der Waals surface area contributed by atoms with Crippen molar-refractivity contribution in [3.05, 3.63) is 24.2 Å². The molecule has 1 aromatic heterocycles. The third kappa shape index (κ3) is 1.86. The fourth-order valence-corrected chi connectivity index (χ4v) is 0.752. The molecule has 0 spiro atoms. The first kappa shape index (κ1) is 7.31. The topological polar surface area (TPSA) is 59.4 Å². The van der Waals surface area contributed by atoms with Crippen LogP contribution in [0, 0.1) is 0 Å². The normalized spacial score (nSPS) is 13.4. The maximum Gasteiger partial charge on any atom is 0.105 e. The van der Waals surface area contributed by atoms with Crippen LogP contribution in [0.15, 0.2) is 22.8 Å². The second-order valence-electron chi connectivity index (χ2n) is 2.23. The van der Waals surface area contributed by atoms with Crippen molar-refractivity contribution in [1.29, 1.82) is 0 Å². The molecule has 1 aromatic rings. The van der Waals surface area contributed by atoms with E-state index in [4.69, 9.17) is 15.3 Å². The molecule has 0 aromatic carbocycles. The standard InChI is InChI=1S/C7H11NO2/c8-6(5-9)4-7-2-1-3-10-7/h1-3,6,9H,4-5,8H2. The lowest BCUT2D eigenvalue weighted by atomic mass is 10.2. The minimum Gasteiger partial charge on any atom is -0.469 e. The van der Waals surface area contributed by atoms with Crippen LogP contribution in [0.5, 0.6) is 0 Å². The van der Waals surface area contributed by atoms with Crippen LogP contribution in [0.4, 0.5) is 0 Å². The molecule has 0 amide bonds. The monoisotopic (exact) mass is 141 g/mol. The average Bonchev–Trinajstić information content (AvgIpc) is 2.40. The molecule has 0 aliphatic heterocycles. The van der Waals surface area contributed by atoms with E-state index < -0.39 is 0 Å². The van der Waals surface area contributed by atoms with E-state index in [0.717, 1.165) is 5.76 Å². The highest BCUT2D eigenvalue weighted by molar-refractivity contribution is 4.99. The number of hydrogen-bond acceptors (Lipinski definition) is 3. The lowest BCUT2D eigenvalue weighted by molar-refractivity contribution is 0.260. The number of aliphatic hydroxyl groups is 1. The van der Waals surface area contributed by atoms with Crippen molar-refractivity contribution >= 4 is 0 Å². The van der Waals surface area contributed by atoms with Crippen LogP contribution in [-0.2, 0) is 6.42 Å². The summed E-state index contributed by atoms with van der Waals surface area (Å²) in [6.07, 6.45) is 2.20. The fourth-order valence-electron chi connectivity index (χ4n) is 0.752. The number of aliphatic hydroxyl groups excluding tert-OH is 1. The summed E-state index contributed by atoms with van der Waals surface area (Å²) >= 11 is 0. The number of rotatable bonds is 3. The van der Waals surface area contributed by atoms with Crippen molar-refractivity contribution in [3.63, 3.8) is 0 Å². The Balaban J connectivity index is 2.40. The van der Waals surface area contributed by atoms with Crippen molar-refractivity contribution in [3.8, 4) is 0 Å². The van der Waals surface area contributed by atoms with Crippen LogP contribution in [0.25, 0.3) is 0 Å². The quantitative estimate of drug-likeness (QED) is 0.629. The van der Waals surface area contributed by atoms with E-state index in [-0.39, 0.29) is 12.6 Å². The molecule has 3 nitrogen and oxygen atoms in total. The van der Waals surface area contributed by atoms with Crippen molar-refractivity contribution in [2.75, 3.05) is 6.61 Å². The predicted molar refractivity (Wildman–Crippen MR) is 37.5 cm³/mol. The highest BCUT2D eigenvalue weighted by atomic mass is 16.3. The summed E-state index contributed by atoms with van der Waals surface area (Å²) < 4.78 is 5.01. The van der Waals surface area contributed by atoms with Gasteiger partial charge in [-0.15, -0.1) is 0 Å². The molecule has 3 heteroatoms. The van der Waals surface area contributed by atoms with E-state index in [2.05, 4.69) is 0 Å². The first-order valence-electron chi connectivity index (χ1n) is 3.21. The van der Waals surface area contributed by atoms with Gasteiger partial charge in [0, 0.05) is 12.5 Å². The largest absolute Gasteiger partial charge is 0.469 e. The predicted octanol–water partition coefficient (Wildman–Crippen LogP) is 0.142. The molecule has 3 N–H and O–H groups in total. The molecule has 0 aliphatic carbocycles. The number of furan rings is 1. The highest BCUT2D eigenvalue weighted by Gasteiger charge is 2.02. The Morgan fingerprint density at radius 3 is 3.00 bits per heavy atom. The lowest BCUT2D eigenvalue weighted by Crippen LogP contribution is -2.26. The SMILES string of the molecule is NC(CO)Cc1ccco1. The summed E-state index contributed by atoms with van der Waals surface area (Å²) in [4.78, 5) is 0. The Labute approximate surface area is 59.5 Å². The molecule has 0 saturated heterocycles. The Kier molecular flexibility index (Phi) is 2.48. The molecule has 1 unspecified atom stereocenters. The zero-order chi connectivity index (χ0) is 7.40. The van der Waals surface area contributed by atoms with Gasteiger partial charge >= 0.3 is 0 Å². The lowest BCUT2D eigenvalue weighted by Gasteiger charge is -2.03. The molecule has 10 heavy (non-hydrogen) atoms. The minimum absolute atomic E-state index is 0.000694. The van der Waals surface area contributed by atoms with Gasteiger partial charge in [0.05, 0.1) is 12.9 Å². The number of hydrogen-bond donors (Lipinski definition) is 2. The van der Waals surface area contributed by atoms with Crippen LogP contribution in [0.1, 0.15) is 5.76 Å². The van der Waals surface area contributed by atoms with Crippen LogP contribution in [0.3, 0.4) is 0 Å². The zero-order valence-electron chi connectivity index (χ0n) is 5.66. The summed E-state index contributed by atoms with van der Waals surface area (Å²) in [7, 11) is 0. The Bertz CT molecular complexity index is 172. The first-order valence-corrected chi connectivity index (χ1v) is 3.21. The molecule has 0 radical (unpaired) electrons. The van der Waals surface area contributed by atoms with Crippen molar-refractivity contribution in [1.82, 2.24) is 0 Å². The van der Waals surface area contributed by atoms with Gasteiger partial charge in [0.15, 0.2) is 0 Å². The van der Waals surface area contributed by atoms with Gasteiger partial charge in [-0.3, -0.25) is 0 Å². The molecule has 0 aliphatic rings. The van der Waals surface area contributed by atoms with Gasteiger partial charge < -0.3 is 15.3 Å². The van der Waals surface area contributed by atoms with Gasteiger partial charge in [-0.05, 0) is 12.1 Å². The zero-order valence-corrected chi connectivity index (χ0v) is 5.66. The maximum atomic E-state index is 8.57. The molecule has 1 heterocycles. The van der Waals surface area contributed by atoms with Gasteiger partial charge in [-0.25, -0.2) is 0 Å². The van der Waals surface area contributed by atoms with Gasteiger partial charge in [0.1, 0.15) is 5.76 Å². The van der Waals surface area contributed by atoms with Crippen LogP contribution >= 0.6 is 0 Å². The van der Waals surface area contributed by atoms with Gasteiger partial charge in [-0.1, -0.05) is 0 Å². The molecular formula is C7H11NO2. The third-order valence-corrected chi connectivity index (χ3v) is 1.28. The minimum atomic E-state index is -0.203. The summed E-state index contributed by atoms with van der Waals surface area (Å²) in [5.74, 6) is 0.821. The maximum absolute atomic E-state index is 8.57. The van der Waals surface area contributed by atoms with Gasteiger partial charge in [0.2, 0.25) is 0 Å². The third-order valence-electron chi connectivity index (χ3n) is 1.28. The Morgan fingerprint density at radius 1 is 1.70 bits per heavy atom. The summed E-state index contributed by atoms with van der Waals surface area (Å²) in [6, 6.07) is 3.45. The smallest absolute Gasteiger partial charge is 0.105 e. The van der Waals surface area contributed by atoms with E-state index in [0.29, 0.717) is 6.42 Å². The second kappa shape index (κ2) is 3.39. The van der Waals surface area contributed by atoms with Crippen LogP contribution in [-0.4, -0.2) is 17.8 Å². The molecular weight excluding hydrogens is 130 g/mol. The van der Waals surface area contributed by atoms with Crippen molar-refractivity contribution in [2.24, 2.45) is 5.73 Å². The summed E-state index contributed by atoms with van der Waals surface area (Å²) in [5, 5.41) is 8.57. The molecule has 1 rings (SSSR count). The Morgan fingerprint density at radius 2 is 2.50 bits per heavy atom. The molecule has 0 fully saturated rings. The average molecular weight is 141 g/mol. The van der Waals surface area contributed by atoms with E-state index in [9.17, 15) is 0 Å². The molecule has 1 atom stereocenters. The van der Waals surface area contributed by atoms with Crippen LogP contribution in [0.2, 0.25) is 0 Å². The molecule has 0 bridgehead atoms. The number of nitrogens with two attached hydrogens (primary N) is 1. The molecule has 0 saturated carbocycles. The molecule has 56 valence electrons. The van der Waals surface area contributed by atoms with Crippen molar-refractivity contribution in [2.45, 2.75) is 12.5 Å². The summed E-state index contributed by atoms with van der Waals surface area (Å²) in [6.45, 7) is 0.000694. The van der Waals surface area contributed by atoms with E-state index >= 15 is 0 Å². The second-order valence-corrected chi connectivity index (χ2v) is 2.23. The van der Waals surface area contributed by atoms with E-state index in [1.165, 1.54) is 0 Å². The van der Waals surface area contributed by atoms with Crippen molar-refractivity contribution < 1.29 is 9.52 Å². The van der Waals surface area contributed by atoms with E-state index in [1.807, 2.05) is 6.07 Å². The Hall–Kier alpha value is -0.800. The fraction of sp³-hybridized carbons (Fsp3) is 0.429.